The monoisotopic (exact) mass is 262 g/mol. The lowest BCUT2D eigenvalue weighted by molar-refractivity contribution is 0.644. The highest BCUT2D eigenvalue weighted by Gasteiger charge is 2.04. The molecule has 2 aromatic carbocycles. The van der Waals surface area contributed by atoms with Crippen molar-refractivity contribution in [3.63, 3.8) is 0 Å². The topological polar surface area (TPSA) is 71.6 Å². The molecule has 0 radical (unpaired) electrons. The molecule has 0 aromatic heterocycles. The van der Waals surface area contributed by atoms with E-state index in [4.69, 9.17) is 10.5 Å². The Morgan fingerprint density at radius 1 is 0.850 bits per heavy atom. The summed E-state index contributed by atoms with van der Waals surface area (Å²) in [4.78, 5) is 0. The first-order valence-corrected chi connectivity index (χ1v) is 6.24. The van der Waals surface area contributed by atoms with Gasteiger partial charge in [-0.1, -0.05) is 12.1 Å². The normalized spacial score (nSPS) is 11.2. The molecule has 4 heteroatoms. The third-order valence-corrected chi connectivity index (χ3v) is 2.99. The maximum Gasteiger partial charge on any atom is 0.0991 e. The molecule has 2 rings (SSSR count). The number of rotatable bonds is 4. The highest BCUT2D eigenvalue weighted by Crippen LogP contribution is 2.14. The lowest BCUT2D eigenvalue weighted by Gasteiger charge is -2.16. The fourth-order valence-electron chi connectivity index (χ4n) is 1.75. The van der Waals surface area contributed by atoms with Crippen LogP contribution in [0.3, 0.4) is 0 Å². The first-order valence-electron chi connectivity index (χ1n) is 6.24. The van der Waals surface area contributed by atoms with Crippen molar-refractivity contribution in [3.8, 4) is 12.1 Å². The van der Waals surface area contributed by atoms with Gasteiger partial charge in [0, 0.05) is 11.7 Å². The minimum absolute atomic E-state index is 0.0957. The fraction of sp³-hybridized carbons (Fsp3) is 0.125. The summed E-state index contributed by atoms with van der Waals surface area (Å²) < 4.78 is 0. The van der Waals surface area contributed by atoms with Gasteiger partial charge in [0.25, 0.3) is 0 Å². The fourth-order valence-corrected chi connectivity index (χ4v) is 1.75. The molecule has 1 atom stereocenters. The van der Waals surface area contributed by atoms with Gasteiger partial charge in [0.2, 0.25) is 0 Å². The quantitative estimate of drug-likeness (QED) is 0.830. The van der Waals surface area contributed by atoms with Crippen LogP contribution in [-0.4, -0.2) is 0 Å². The summed E-state index contributed by atoms with van der Waals surface area (Å²) >= 11 is 0. The van der Waals surface area contributed by atoms with Crippen LogP contribution in [0.4, 0.5) is 5.69 Å². The molecule has 0 bridgehead atoms. The zero-order valence-electron chi connectivity index (χ0n) is 11.1. The van der Waals surface area contributed by atoms with Gasteiger partial charge < -0.3 is 5.43 Å². The van der Waals surface area contributed by atoms with E-state index in [0.717, 1.165) is 11.3 Å². The van der Waals surface area contributed by atoms with Crippen molar-refractivity contribution in [2.24, 2.45) is 0 Å². The summed E-state index contributed by atoms with van der Waals surface area (Å²) in [6.45, 7) is 2.03. The third-order valence-electron chi connectivity index (χ3n) is 2.99. The van der Waals surface area contributed by atoms with Crippen LogP contribution in [0.1, 0.15) is 29.7 Å². The van der Waals surface area contributed by atoms with Crippen LogP contribution < -0.4 is 10.9 Å². The molecule has 0 aliphatic heterocycles. The molecular weight excluding hydrogens is 248 g/mol. The zero-order chi connectivity index (χ0) is 14.4. The van der Waals surface area contributed by atoms with Gasteiger partial charge in [-0.25, -0.2) is 5.43 Å². The Bertz CT molecular complexity index is 645. The Balaban J connectivity index is 1.95. The molecule has 0 aliphatic rings. The highest BCUT2D eigenvalue weighted by atomic mass is 15.4. The van der Waals surface area contributed by atoms with Gasteiger partial charge in [-0.05, 0) is 48.9 Å². The molecule has 0 aliphatic carbocycles. The third kappa shape index (κ3) is 3.35. The summed E-state index contributed by atoms with van der Waals surface area (Å²) in [5.41, 5.74) is 9.54. The number of hydrazine groups is 1. The van der Waals surface area contributed by atoms with Gasteiger partial charge in [0.15, 0.2) is 0 Å². The Hall–Kier alpha value is -2.82. The molecule has 0 spiro atoms. The van der Waals surface area contributed by atoms with Crippen molar-refractivity contribution in [2.45, 2.75) is 13.0 Å². The van der Waals surface area contributed by atoms with E-state index < -0.39 is 0 Å². The van der Waals surface area contributed by atoms with Gasteiger partial charge >= 0.3 is 0 Å². The number of hydrogen-bond acceptors (Lipinski definition) is 4. The second-order valence-corrected chi connectivity index (χ2v) is 4.41. The van der Waals surface area contributed by atoms with E-state index >= 15 is 0 Å². The molecule has 0 fully saturated rings. The molecule has 1 unspecified atom stereocenters. The predicted octanol–water partition coefficient (Wildman–Crippen LogP) is 3.11. The maximum absolute atomic E-state index is 8.76. The van der Waals surface area contributed by atoms with Crippen molar-refractivity contribution in [3.05, 3.63) is 65.2 Å². The van der Waals surface area contributed by atoms with Gasteiger partial charge in [0.1, 0.15) is 0 Å². The molecule has 20 heavy (non-hydrogen) atoms. The van der Waals surface area contributed by atoms with E-state index in [9.17, 15) is 0 Å². The Morgan fingerprint density at radius 2 is 1.35 bits per heavy atom. The number of hydrogen-bond donors (Lipinski definition) is 2. The van der Waals surface area contributed by atoms with Crippen molar-refractivity contribution < 1.29 is 0 Å². The van der Waals surface area contributed by atoms with Gasteiger partial charge in [-0.15, -0.1) is 0 Å². The minimum Gasteiger partial charge on any atom is -0.321 e. The average molecular weight is 262 g/mol. The predicted molar refractivity (Wildman–Crippen MR) is 77.5 cm³/mol. The standard InChI is InChI=1S/C16H14N4/c1-12(15-6-2-13(10-17)3-7-15)19-20-16-8-4-14(11-18)5-9-16/h2-9,12,19-20H,1H3. The summed E-state index contributed by atoms with van der Waals surface area (Å²) in [5.74, 6) is 0. The first-order chi connectivity index (χ1) is 9.72. The number of anilines is 1. The van der Waals surface area contributed by atoms with Gasteiger partial charge in [-0.2, -0.15) is 10.5 Å². The first kappa shape index (κ1) is 13.6. The molecule has 2 aromatic rings. The van der Waals surface area contributed by atoms with Gasteiger partial charge in [-0.3, -0.25) is 0 Å². The van der Waals surface area contributed by atoms with Gasteiger partial charge in [0.05, 0.1) is 23.3 Å². The van der Waals surface area contributed by atoms with Crippen LogP contribution in [0.25, 0.3) is 0 Å². The highest BCUT2D eigenvalue weighted by molar-refractivity contribution is 5.46. The van der Waals surface area contributed by atoms with Crippen molar-refractivity contribution in [1.82, 2.24) is 5.43 Å². The van der Waals surface area contributed by atoms with Crippen LogP contribution in [0.5, 0.6) is 0 Å². The number of nitrogens with zero attached hydrogens (tertiary/aromatic N) is 2. The summed E-state index contributed by atoms with van der Waals surface area (Å²) in [7, 11) is 0. The van der Waals surface area contributed by atoms with E-state index in [-0.39, 0.29) is 6.04 Å². The van der Waals surface area contributed by atoms with Crippen LogP contribution in [-0.2, 0) is 0 Å². The Kier molecular flexibility index (Phi) is 4.34. The molecule has 0 amide bonds. The molecular formula is C16H14N4. The molecule has 0 saturated heterocycles. The molecule has 0 heterocycles. The Labute approximate surface area is 118 Å². The smallest absolute Gasteiger partial charge is 0.0991 e. The van der Waals surface area contributed by atoms with E-state index in [2.05, 4.69) is 23.0 Å². The van der Waals surface area contributed by atoms with E-state index in [1.807, 2.05) is 31.2 Å². The van der Waals surface area contributed by atoms with Crippen LogP contribution in [0, 0.1) is 22.7 Å². The van der Waals surface area contributed by atoms with E-state index in [1.165, 1.54) is 0 Å². The van der Waals surface area contributed by atoms with Crippen LogP contribution >= 0.6 is 0 Å². The number of nitrogens with one attached hydrogen (secondary N) is 2. The lowest BCUT2D eigenvalue weighted by Crippen LogP contribution is -2.25. The molecule has 98 valence electrons. The number of nitriles is 2. The largest absolute Gasteiger partial charge is 0.321 e. The molecule has 4 nitrogen and oxygen atoms in total. The summed E-state index contributed by atoms with van der Waals surface area (Å²) in [5, 5.41) is 17.5. The average Bonchev–Trinajstić information content (AvgIpc) is 2.53. The Morgan fingerprint density at radius 3 is 1.85 bits per heavy atom. The lowest BCUT2D eigenvalue weighted by atomic mass is 10.1. The second-order valence-electron chi connectivity index (χ2n) is 4.41. The zero-order valence-corrected chi connectivity index (χ0v) is 11.1. The summed E-state index contributed by atoms with van der Waals surface area (Å²) in [6.07, 6.45) is 0. The minimum atomic E-state index is 0.0957. The molecule has 2 N–H and O–H groups in total. The van der Waals surface area contributed by atoms with Crippen molar-refractivity contribution in [1.29, 1.82) is 10.5 Å². The van der Waals surface area contributed by atoms with Crippen LogP contribution in [0.15, 0.2) is 48.5 Å². The van der Waals surface area contributed by atoms with Crippen molar-refractivity contribution >= 4 is 5.69 Å². The van der Waals surface area contributed by atoms with E-state index in [0.29, 0.717) is 11.1 Å². The maximum atomic E-state index is 8.76. The molecule has 0 saturated carbocycles. The van der Waals surface area contributed by atoms with Crippen LogP contribution in [0.2, 0.25) is 0 Å². The van der Waals surface area contributed by atoms with E-state index in [1.54, 1.807) is 24.3 Å². The SMILES string of the molecule is CC(NNc1ccc(C#N)cc1)c1ccc(C#N)cc1. The summed E-state index contributed by atoms with van der Waals surface area (Å²) in [6, 6.07) is 18.9. The number of benzene rings is 2. The second kappa shape index (κ2) is 6.38. The van der Waals surface area contributed by atoms with Crippen molar-refractivity contribution in [2.75, 3.05) is 5.43 Å².